The van der Waals surface area contributed by atoms with Gasteiger partial charge in [0.1, 0.15) is 5.69 Å². The predicted molar refractivity (Wildman–Crippen MR) is 62.6 cm³/mol. The van der Waals surface area contributed by atoms with Gasteiger partial charge in [0.15, 0.2) is 0 Å². The van der Waals surface area contributed by atoms with Crippen molar-refractivity contribution in [2.45, 2.75) is 6.16 Å². The molecule has 0 saturated carbocycles. The maximum Gasteiger partial charge on any atom is 0.329 e. The number of carbonyl (C=O) groups is 1. The van der Waals surface area contributed by atoms with Crippen molar-refractivity contribution in [2.75, 3.05) is 0 Å². The Bertz CT molecular complexity index is 628. The van der Waals surface area contributed by atoms with Crippen LogP contribution in [0.1, 0.15) is 16.1 Å². The van der Waals surface area contributed by atoms with E-state index in [-0.39, 0.29) is 11.9 Å². The molecule has 0 aliphatic rings. The fraction of sp³-hybridized carbons (Fsp3) is 0.100. The molecule has 1 heterocycles. The molecule has 6 nitrogen and oxygen atoms in total. The first kappa shape index (κ1) is 11.9. The zero-order chi connectivity index (χ0) is 12.6. The average molecular weight is 254 g/mol. The van der Waals surface area contributed by atoms with Crippen LogP contribution in [0.15, 0.2) is 24.3 Å². The summed E-state index contributed by atoms with van der Waals surface area (Å²) in [5.41, 5.74) is 6.61. The van der Waals surface area contributed by atoms with Gasteiger partial charge in [-0.2, -0.15) is 0 Å². The van der Waals surface area contributed by atoms with Crippen LogP contribution < -0.4 is 5.73 Å². The number of primary amides is 1. The number of carbonyl (C=O) groups excluding carboxylic acids is 1. The number of H-pyrrole nitrogens is 1. The lowest BCUT2D eigenvalue weighted by molar-refractivity contribution is 0.0996. The summed E-state index contributed by atoms with van der Waals surface area (Å²) in [5, 5.41) is 0.699. The number of amides is 1. The first-order valence-electron chi connectivity index (χ1n) is 4.81. The summed E-state index contributed by atoms with van der Waals surface area (Å²) in [6.45, 7) is 0. The number of benzene rings is 1. The highest BCUT2D eigenvalue weighted by Crippen LogP contribution is 2.39. The second-order valence-electron chi connectivity index (χ2n) is 3.79. The van der Waals surface area contributed by atoms with Crippen molar-refractivity contribution >= 4 is 24.4 Å². The zero-order valence-electron chi connectivity index (χ0n) is 8.75. The molecule has 5 N–H and O–H groups in total. The molecule has 0 fully saturated rings. The lowest BCUT2D eigenvalue weighted by Crippen LogP contribution is -2.10. The molecule has 0 atom stereocenters. The van der Waals surface area contributed by atoms with Crippen molar-refractivity contribution in [1.29, 1.82) is 0 Å². The molecule has 1 aromatic carbocycles. The molecule has 0 radical (unpaired) electrons. The van der Waals surface area contributed by atoms with Gasteiger partial charge in [0, 0.05) is 10.9 Å². The number of hydrogen-bond donors (Lipinski definition) is 4. The molecule has 90 valence electrons. The van der Waals surface area contributed by atoms with Gasteiger partial charge in [-0.3, -0.25) is 9.36 Å². The smallest absolute Gasteiger partial charge is 0.329 e. The van der Waals surface area contributed by atoms with E-state index in [1.807, 2.05) is 0 Å². The number of aromatic amines is 1. The van der Waals surface area contributed by atoms with E-state index in [2.05, 4.69) is 4.98 Å². The van der Waals surface area contributed by atoms with Gasteiger partial charge < -0.3 is 20.5 Å². The van der Waals surface area contributed by atoms with E-state index in [9.17, 15) is 9.36 Å². The van der Waals surface area contributed by atoms with Crippen LogP contribution in [0.5, 0.6) is 0 Å². The van der Waals surface area contributed by atoms with Crippen LogP contribution in [-0.4, -0.2) is 20.7 Å². The zero-order valence-corrected chi connectivity index (χ0v) is 9.65. The van der Waals surface area contributed by atoms with Gasteiger partial charge in [-0.05, 0) is 23.8 Å². The Morgan fingerprint density at radius 3 is 2.65 bits per heavy atom. The van der Waals surface area contributed by atoms with Crippen LogP contribution in [0.3, 0.4) is 0 Å². The van der Waals surface area contributed by atoms with Gasteiger partial charge >= 0.3 is 7.60 Å². The number of nitrogens with one attached hydrogen (secondary N) is 1. The van der Waals surface area contributed by atoms with Crippen LogP contribution in [0.25, 0.3) is 10.9 Å². The van der Waals surface area contributed by atoms with Crippen molar-refractivity contribution in [3.05, 3.63) is 35.5 Å². The molecular weight excluding hydrogens is 243 g/mol. The SMILES string of the molecule is NC(=O)c1cc2cc(CP(=O)(O)O)ccc2[nH]1. The Labute approximate surface area is 96.6 Å². The number of fused-ring (bicyclic) bond motifs is 1. The van der Waals surface area contributed by atoms with E-state index in [0.29, 0.717) is 16.5 Å². The summed E-state index contributed by atoms with van der Waals surface area (Å²) in [5.74, 6) is -0.572. The van der Waals surface area contributed by atoms with Gasteiger partial charge in [-0.15, -0.1) is 0 Å². The van der Waals surface area contributed by atoms with E-state index >= 15 is 0 Å². The van der Waals surface area contributed by atoms with E-state index in [1.165, 1.54) is 0 Å². The van der Waals surface area contributed by atoms with E-state index < -0.39 is 13.5 Å². The topological polar surface area (TPSA) is 116 Å². The Kier molecular flexibility index (Phi) is 2.79. The van der Waals surface area contributed by atoms with Gasteiger partial charge in [0.25, 0.3) is 5.91 Å². The molecule has 1 aromatic heterocycles. The maximum atomic E-state index is 11.0. The molecule has 17 heavy (non-hydrogen) atoms. The van der Waals surface area contributed by atoms with Gasteiger partial charge in [0.05, 0.1) is 6.16 Å². The molecule has 0 bridgehead atoms. The standard InChI is InChI=1S/C10H11N2O4P/c11-10(13)9-4-7-3-6(5-17(14,15)16)1-2-8(7)12-9/h1-4,12H,5H2,(H2,11,13)(H2,14,15,16). The van der Waals surface area contributed by atoms with Gasteiger partial charge in [0.2, 0.25) is 0 Å². The third-order valence-electron chi connectivity index (χ3n) is 2.34. The third kappa shape index (κ3) is 2.74. The van der Waals surface area contributed by atoms with Crippen LogP contribution in [0.2, 0.25) is 0 Å². The monoisotopic (exact) mass is 254 g/mol. The highest BCUT2D eigenvalue weighted by atomic mass is 31.2. The molecule has 0 spiro atoms. The molecule has 0 unspecified atom stereocenters. The Hall–Kier alpha value is -1.62. The summed E-state index contributed by atoms with van der Waals surface area (Å²) in [7, 11) is -4.08. The number of hydrogen-bond acceptors (Lipinski definition) is 2. The van der Waals surface area contributed by atoms with Crippen LogP contribution in [0, 0.1) is 0 Å². The second kappa shape index (κ2) is 4.00. The molecular formula is C10H11N2O4P. The normalized spacial score (nSPS) is 11.9. The largest absolute Gasteiger partial charge is 0.364 e. The molecule has 7 heteroatoms. The van der Waals surface area contributed by atoms with Crippen LogP contribution >= 0.6 is 7.60 Å². The fourth-order valence-electron chi connectivity index (χ4n) is 1.65. The van der Waals surface area contributed by atoms with Crippen molar-refractivity contribution in [3.8, 4) is 0 Å². The first-order valence-corrected chi connectivity index (χ1v) is 6.61. The van der Waals surface area contributed by atoms with Crippen LogP contribution in [0.4, 0.5) is 0 Å². The quantitative estimate of drug-likeness (QED) is 0.610. The predicted octanol–water partition coefficient (Wildman–Crippen LogP) is 0.944. The van der Waals surface area contributed by atoms with E-state index in [1.54, 1.807) is 24.3 Å². The summed E-state index contributed by atoms with van der Waals surface area (Å²) in [6, 6.07) is 6.44. The minimum Gasteiger partial charge on any atom is -0.364 e. The third-order valence-corrected chi connectivity index (χ3v) is 3.12. The summed E-state index contributed by atoms with van der Waals surface area (Å²) in [6.07, 6.45) is -0.319. The van der Waals surface area contributed by atoms with Crippen molar-refractivity contribution in [2.24, 2.45) is 5.73 Å². The van der Waals surface area contributed by atoms with Gasteiger partial charge in [-0.1, -0.05) is 6.07 Å². The van der Waals surface area contributed by atoms with Crippen LogP contribution in [-0.2, 0) is 10.7 Å². The number of rotatable bonds is 3. The molecule has 0 aliphatic heterocycles. The van der Waals surface area contributed by atoms with Crippen molar-refractivity contribution in [3.63, 3.8) is 0 Å². The Morgan fingerprint density at radius 2 is 2.06 bits per heavy atom. The minimum atomic E-state index is -4.08. The molecule has 2 rings (SSSR count). The fourth-order valence-corrected chi connectivity index (χ4v) is 2.32. The van der Waals surface area contributed by atoms with E-state index in [0.717, 1.165) is 0 Å². The highest BCUT2D eigenvalue weighted by Gasteiger charge is 2.14. The molecule has 1 amide bonds. The first-order chi connectivity index (χ1) is 7.85. The molecule has 0 saturated heterocycles. The molecule has 2 aromatic rings. The molecule has 0 aliphatic carbocycles. The average Bonchev–Trinajstić information content (AvgIpc) is 2.57. The summed E-state index contributed by atoms with van der Waals surface area (Å²) in [4.78, 5) is 31.5. The number of aromatic nitrogens is 1. The van der Waals surface area contributed by atoms with Crippen molar-refractivity contribution in [1.82, 2.24) is 4.98 Å². The Balaban J connectivity index is 2.43. The summed E-state index contributed by atoms with van der Waals surface area (Å²) >= 11 is 0. The maximum absolute atomic E-state index is 11.0. The van der Waals surface area contributed by atoms with Gasteiger partial charge in [-0.25, -0.2) is 0 Å². The summed E-state index contributed by atoms with van der Waals surface area (Å²) < 4.78 is 10.9. The minimum absolute atomic E-state index is 0.272. The Morgan fingerprint density at radius 1 is 1.35 bits per heavy atom. The van der Waals surface area contributed by atoms with E-state index in [4.69, 9.17) is 15.5 Å². The second-order valence-corrected chi connectivity index (χ2v) is 5.44. The van der Waals surface area contributed by atoms with Crippen molar-refractivity contribution < 1.29 is 19.1 Å². The lowest BCUT2D eigenvalue weighted by Gasteiger charge is -2.03. The lowest BCUT2D eigenvalue weighted by atomic mass is 10.2. The highest BCUT2D eigenvalue weighted by molar-refractivity contribution is 7.50. The number of nitrogens with two attached hydrogens (primary N) is 1.